The molecular formula is C13H22N4O. The summed E-state index contributed by atoms with van der Waals surface area (Å²) in [6.07, 6.45) is 6.55. The van der Waals surface area contributed by atoms with E-state index in [1.165, 1.54) is 0 Å². The van der Waals surface area contributed by atoms with Gasteiger partial charge in [-0.15, -0.1) is 0 Å². The average molecular weight is 250 g/mol. The van der Waals surface area contributed by atoms with Crippen molar-refractivity contribution in [1.29, 1.82) is 0 Å². The number of amides is 1. The van der Waals surface area contributed by atoms with Gasteiger partial charge in [-0.2, -0.15) is 0 Å². The number of nitrogens with zero attached hydrogens (tertiary/aromatic N) is 2. The summed E-state index contributed by atoms with van der Waals surface area (Å²) in [6, 6.07) is 0.543. The molecule has 100 valence electrons. The van der Waals surface area contributed by atoms with Gasteiger partial charge in [0.05, 0.1) is 5.92 Å². The van der Waals surface area contributed by atoms with Crippen molar-refractivity contribution in [1.82, 2.24) is 20.2 Å². The molecule has 18 heavy (non-hydrogen) atoms. The molecule has 1 saturated heterocycles. The van der Waals surface area contributed by atoms with Crippen LogP contribution >= 0.6 is 0 Å². The number of hydrogen-bond acceptors (Lipinski definition) is 3. The molecule has 2 atom stereocenters. The highest BCUT2D eigenvalue weighted by Gasteiger charge is 2.23. The molecule has 0 bridgehead atoms. The molecule has 2 N–H and O–H groups in total. The van der Waals surface area contributed by atoms with E-state index < -0.39 is 0 Å². The molecule has 1 aromatic rings. The fourth-order valence-electron chi connectivity index (χ4n) is 2.30. The quantitative estimate of drug-likeness (QED) is 0.816. The number of rotatable bonds is 4. The first kappa shape index (κ1) is 13.1. The van der Waals surface area contributed by atoms with Gasteiger partial charge in [-0.1, -0.05) is 0 Å². The maximum atomic E-state index is 11.9. The molecule has 2 heterocycles. The maximum absolute atomic E-state index is 11.9. The van der Waals surface area contributed by atoms with Crippen molar-refractivity contribution in [2.45, 2.75) is 32.2 Å². The van der Waals surface area contributed by atoms with Crippen LogP contribution in [-0.4, -0.2) is 34.6 Å². The lowest BCUT2D eigenvalue weighted by molar-refractivity contribution is -0.125. The van der Waals surface area contributed by atoms with Gasteiger partial charge in [-0.25, -0.2) is 4.98 Å². The summed E-state index contributed by atoms with van der Waals surface area (Å²) in [7, 11) is 1.97. The molecule has 0 radical (unpaired) electrons. The van der Waals surface area contributed by atoms with Crippen LogP contribution in [0.15, 0.2) is 12.4 Å². The van der Waals surface area contributed by atoms with Crippen molar-refractivity contribution in [3.63, 3.8) is 0 Å². The lowest BCUT2D eigenvalue weighted by atomic mass is 9.95. The lowest BCUT2D eigenvalue weighted by Gasteiger charge is -2.26. The summed E-state index contributed by atoms with van der Waals surface area (Å²) in [5, 5.41) is 6.35. The summed E-state index contributed by atoms with van der Waals surface area (Å²) in [6.45, 7) is 3.63. The van der Waals surface area contributed by atoms with Crippen LogP contribution in [0.1, 0.15) is 25.6 Å². The predicted octanol–water partition coefficient (Wildman–Crippen LogP) is 0.467. The van der Waals surface area contributed by atoms with Crippen LogP contribution in [0.5, 0.6) is 0 Å². The molecule has 5 heteroatoms. The zero-order valence-corrected chi connectivity index (χ0v) is 11.1. The monoisotopic (exact) mass is 250 g/mol. The van der Waals surface area contributed by atoms with Gasteiger partial charge < -0.3 is 15.2 Å². The van der Waals surface area contributed by atoms with Crippen molar-refractivity contribution in [2.75, 3.05) is 13.1 Å². The van der Waals surface area contributed by atoms with E-state index >= 15 is 0 Å². The Morgan fingerprint density at radius 3 is 3.06 bits per heavy atom. The fourth-order valence-corrected chi connectivity index (χ4v) is 2.30. The molecule has 0 aromatic carbocycles. The third-order valence-electron chi connectivity index (χ3n) is 3.60. The Hall–Kier alpha value is -1.36. The summed E-state index contributed by atoms with van der Waals surface area (Å²) < 4.78 is 1.98. The standard InChI is InChI=1S/C13H22N4O/c1-10-3-4-11(9-16-10)13(18)15-6-5-12-14-7-8-17(12)2/h7-8,10-11,16H,3-6,9H2,1-2H3,(H,15,18). The van der Waals surface area contributed by atoms with E-state index in [0.29, 0.717) is 12.6 Å². The van der Waals surface area contributed by atoms with Gasteiger partial charge in [0.2, 0.25) is 5.91 Å². The first-order valence-electron chi connectivity index (χ1n) is 6.64. The van der Waals surface area contributed by atoms with Crippen LogP contribution in [0.4, 0.5) is 0 Å². The van der Waals surface area contributed by atoms with E-state index in [1.54, 1.807) is 6.20 Å². The summed E-state index contributed by atoms with van der Waals surface area (Å²) in [5.74, 6) is 1.30. The van der Waals surface area contributed by atoms with Gasteiger partial charge in [0, 0.05) is 45.0 Å². The number of imidazole rings is 1. The molecule has 1 fully saturated rings. The second-order valence-electron chi connectivity index (χ2n) is 5.08. The molecule has 2 unspecified atom stereocenters. The zero-order chi connectivity index (χ0) is 13.0. The van der Waals surface area contributed by atoms with Crippen molar-refractivity contribution < 1.29 is 4.79 Å². The zero-order valence-electron chi connectivity index (χ0n) is 11.1. The van der Waals surface area contributed by atoms with Crippen LogP contribution < -0.4 is 10.6 Å². The molecule has 1 aromatic heterocycles. The van der Waals surface area contributed by atoms with Crippen LogP contribution in [-0.2, 0) is 18.3 Å². The molecule has 0 saturated carbocycles. The summed E-state index contributed by atoms with van der Waals surface area (Å²) in [5.41, 5.74) is 0. The van der Waals surface area contributed by atoms with Crippen molar-refractivity contribution in [3.8, 4) is 0 Å². The van der Waals surface area contributed by atoms with Gasteiger partial charge in [-0.05, 0) is 19.8 Å². The molecule has 0 aliphatic carbocycles. The molecule has 1 aliphatic heterocycles. The molecule has 1 amide bonds. The Morgan fingerprint density at radius 1 is 1.61 bits per heavy atom. The molecular weight excluding hydrogens is 228 g/mol. The Kier molecular flexibility index (Phi) is 4.36. The van der Waals surface area contributed by atoms with E-state index in [1.807, 2.05) is 17.8 Å². The van der Waals surface area contributed by atoms with E-state index in [2.05, 4.69) is 22.5 Å². The minimum absolute atomic E-state index is 0.127. The van der Waals surface area contributed by atoms with E-state index in [0.717, 1.165) is 31.6 Å². The van der Waals surface area contributed by atoms with E-state index in [9.17, 15) is 4.79 Å². The maximum Gasteiger partial charge on any atom is 0.224 e. The Labute approximate surface area is 108 Å². The highest BCUT2D eigenvalue weighted by atomic mass is 16.1. The minimum Gasteiger partial charge on any atom is -0.355 e. The number of hydrogen-bond donors (Lipinski definition) is 2. The van der Waals surface area contributed by atoms with Crippen molar-refractivity contribution >= 4 is 5.91 Å². The topological polar surface area (TPSA) is 59.0 Å². The molecule has 0 spiro atoms. The van der Waals surface area contributed by atoms with Gasteiger partial charge in [0.1, 0.15) is 5.82 Å². The first-order valence-corrected chi connectivity index (χ1v) is 6.64. The van der Waals surface area contributed by atoms with E-state index in [4.69, 9.17) is 0 Å². The van der Waals surface area contributed by atoms with Gasteiger partial charge in [0.15, 0.2) is 0 Å². The number of piperidine rings is 1. The number of nitrogens with one attached hydrogen (secondary N) is 2. The molecule has 2 rings (SSSR count). The number of carbonyl (C=O) groups is 1. The lowest BCUT2D eigenvalue weighted by Crippen LogP contribution is -2.44. The Bertz CT molecular complexity index is 393. The smallest absolute Gasteiger partial charge is 0.224 e. The average Bonchev–Trinajstić information content (AvgIpc) is 2.76. The fraction of sp³-hybridized carbons (Fsp3) is 0.692. The van der Waals surface area contributed by atoms with Crippen LogP contribution in [0.3, 0.4) is 0 Å². The van der Waals surface area contributed by atoms with Crippen LogP contribution in [0.25, 0.3) is 0 Å². The Morgan fingerprint density at radius 2 is 2.44 bits per heavy atom. The third-order valence-corrected chi connectivity index (χ3v) is 3.60. The molecule has 5 nitrogen and oxygen atoms in total. The SMILES string of the molecule is CC1CCC(C(=O)NCCc2nccn2C)CN1. The van der Waals surface area contributed by atoms with Crippen molar-refractivity contribution in [2.24, 2.45) is 13.0 Å². The van der Waals surface area contributed by atoms with Gasteiger partial charge in [-0.3, -0.25) is 4.79 Å². The van der Waals surface area contributed by atoms with Crippen molar-refractivity contribution in [3.05, 3.63) is 18.2 Å². The normalized spacial score (nSPS) is 23.9. The number of carbonyl (C=O) groups excluding carboxylic acids is 1. The summed E-state index contributed by atoms with van der Waals surface area (Å²) >= 11 is 0. The highest BCUT2D eigenvalue weighted by molar-refractivity contribution is 5.78. The largest absolute Gasteiger partial charge is 0.355 e. The van der Waals surface area contributed by atoms with Crippen LogP contribution in [0.2, 0.25) is 0 Å². The summed E-state index contributed by atoms with van der Waals surface area (Å²) in [4.78, 5) is 16.2. The number of aromatic nitrogens is 2. The highest BCUT2D eigenvalue weighted by Crippen LogP contribution is 2.13. The first-order chi connectivity index (χ1) is 8.66. The van der Waals surface area contributed by atoms with Crippen LogP contribution in [0, 0.1) is 5.92 Å². The predicted molar refractivity (Wildman–Crippen MR) is 70.1 cm³/mol. The second kappa shape index (κ2) is 6.00. The third kappa shape index (κ3) is 3.32. The van der Waals surface area contributed by atoms with Gasteiger partial charge >= 0.3 is 0 Å². The van der Waals surface area contributed by atoms with Gasteiger partial charge in [0.25, 0.3) is 0 Å². The Balaban J connectivity index is 1.70. The van der Waals surface area contributed by atoms with E-state index in [-0.39, 0.29) is 11.8 Å². The molecule has 1 aliphatic rings. The minimum atomic E-state index is 0.127. The number of aryl methyl sites for hydroxylation is 1. The second-order valence-corrected chi connectivity index (χ2v) is 5.08.